The van der Waals surface area contributed by atoms with Crippen molar-refractivity contribution < 1.29 is 39.5 Å². The van der Waals surface area contributed by atoms with Gasteiger partial charge in [0.1, 0.15) is 18.3 Å². The van der Waals surface area contributed by atoms with Gasteiger partial charge < -0.3 is 35.2 Å². The second-order valence-electron chi connectivity index (χ2n) is 3.67. The number of aliphatic hydroxyl groups excluding tert-OH is 3. The predicted molar refractivity (Wildman–Crippen MR) is 54.5 cm³/mol. The zero-order valence-corrected chi connectivity index (χ0v) is 9.52. The number of amides is 1. The molecule has 0 aliphatic carbocycles. The summed E-state index contributed by atoms with van der Waals surface area (Å²) in [5, 5.41) is 39.3. The Kier molecular flexibility index (Phi) is 4.84. The Bertz CT molecular complexity index is 322. The lowest BCUT2D eigenvalue weighted by atomic mass is 9.99. The Morgan fingerprint density at radius 1 is 1.22 bits per heavy atom. The molecule has 18 heavy (non-hydrogen) atoms. The van der Waals surface area contributed by atoms with Gasteiger partial charge in [0.05, 0.1) is 0 Å². The summed E-state index contributed by atoms with van der Waals surface area (Å²) >= 11 is 0. The molecule has 1 rings (SSSR count). The highest BCUT2D eigenvalue weighted by Crippen LogP contribution is 2.22. The number of aliphatic carboxylic acids is 1. The molecular formula is C9H15NO8. The van der Waals surface area contributed by atoms with Crippen molar-refractivity contribution in [2.75, 3.05) is 6.54 Å². The van der Waals surface area contributed by atoms with Crippen LogP contribution in [0.4, 0.5) is 4.79 Å². The number of carboxylic acid groups (broad SMARTS) is 1. The Balaban J connectivity index is 2.73. The van der Waals surface area contributed by atoms with E-state index in [4.69, 9.17) is 9.84 Å². The third-order valence-electron chi connectivity index (χ3n) is 2.36. The maximum atomic E-state index is 11.1. The largest absolute Gasteiger partial charge is 0.479 e. The summed E-state index contributed by atoms with van der Waals surface area (Å²) in [5.74, 6) is -1.54. The van der Waals surface area contributed by atoms with Gasteiger partial charge in [0, 0.05) is 6.54 Å². The van der Waals surface area contributed by atoms with Crippen LogP contribution in [0.5, 0.6) is 0 Å². The van der Waals surface area contributed by atoms with Gasteiger partial charge in [0.15, 0.2) is 6.10 Å². The normalized spacial score (nSPS) is 35.9. The first-order valence-electron chi connectivity index (χ1n) is 5.25. The molecule has 1 aliphatic heterocycles. The van der Waals surface area contributed by atoms with E-state index in [0.717, 1.165) is 0 Å². The van der Waals surface area contributed by atoms with Crippen LogP contribution in [-0.2, 0) is 14.3 Å². The fraction of sp³-hybridized carbons (Fsp3) is 0.778. The van der Waals surface area contributed by atoms with Gasteiger partial charge in [0.2, 0.25) is 6.29 Å². The van der Waals surface area contributed by atoms with Crippen LogP contribution in [0.1, 0.15) is 6.92 Å². The van der Waals surface area contributed by atoms with E-state index >= 15 is 0 Å². The average molecular weight is 265 g/mol. The molecule has 1 amide bonds. The molecule has 0 unspecified atom stereocenters. The molecule has 1 heterocycles. The molecule has 1 fully saturated rings. The van der Waals surface area contributed by atoms with Crippen LogP contribution in [0.2, 0.25) is 0 Å². The smallest absolute Gasteiger partial charge is 0.409 e. The number of ether oxygens (including phenoxy) is 2. The summed E-state index contributed by atoms with van der Waals surface area (Å²) in [4.78, 5) is 21.8. The molecule has 0 bridgehead atoms. The minimum atomic E-state index is -1.81. The van der Waals surface area contributed by atoms with Crippen LogP contribution < -0.4 is 5.32 Å². The van der Waals surface area contributed by atoms with E-state index in [2.05, 4.69) is 10.1 Å². The maximum absolute atomic E-state index is 11.1. The number of carbonyl (C=O) groups excluding carboxylic acids is 1. The number of carbonyl (C=O) groups is 2. The van der Waals surface area contributed by atoms with Gasteiger partial charge in [-0.2, -0.15) is 0 Å². The Morgan fingerprint density at radius 3 is 2.33 bits per heavy atom. The van der Waals surface area contributed by atoms with Crippen molar-refractivity contribution in [2.45, 2.75) is 37.6 Å². The Hall–Kier alpha value is -1.42. The molecule has 0 spiro atoms. The van der Waals surface area contributed by atoms with Crippen LogP contribution in [0.3, 0.4) is 0 Å². The van der Waals surface area contributed by atoms with Crippen LogP contribution in [0, 0.1) is 0 Å². The molecule has 0 aromatic carbocycles. The van der Waals surface area contributed by atoms with E-state index in [1.165, 1.54) is 0 Å². The SMILES string of the molecule is CCNC(=O)O[C@@H]1O[C@H](C(=O)O)[C@@H](O)[C@H](O)[C@H]1O. The highest BCUT2D eigenvalue weighted by Gasteiger charge is 2.48. The molecule has 1 saturated heterocycles. The van der Waals surface area contributed by atoms with Crippen molar-refractivity contribution in [1.82, 2.24) is 5.32 Å². The number of alkyl carbamates (subject to hydrolysis) is 1. The summed E-state index contributed by atoms with van der Waals surface area (Å²) in [7, 11) is 0. The van der Waals surface area contributed by atoms with Crippen molar-refractivity contribution in [2.24, 2.45) is 0 Å². The summed E-state index contributed by atoms with van der Waals surface area (Å²) in [6.45, 7) is 1.88. The third-order valence-corrected chi connectivity index (χ3v) is 2.36. The van der Waals surface area contributed by atoms with Crippen molar-refractivity contribution >= 4 is 12.1 Å². The monoisotopic (exact) mass is 265 g/mol. The van der Waals surface area contributed by atoms with Crippen molar-refractivity contribution in [3.63, 3.8) is 0 Å². The zero-order valence-electron chi connectivity index (χ0n) is 9.52. The molecule has 0 aromatic heterocycles. The predicted octanol–water partition coefficient (Wildman–Crippen LogP) is -2.38. The molecule has 5 atom stereocenters. The van der Waals surface area contributed by atoms with Gasteiger partial charge in [-0.1, -0.05) is 0 Å². The van der Waals surface area contributed by atoms with E-state index in [1.807, 2.05) is 0 Å². The molecule has 0 aromatic rings. The topological polar surface area (TPSA) is 146 Å². The molecule has 1 aliphatic rings. The second-order valence-corrected chi connectivity index (χ2v) is 3.67. The van der Waals surface area contributed by atoms with Crippen molar-refractivity contribution in [3.8, 4) is 0 Å². The molecule has 0 saturated carbocycles. The fourth-order valence-electron chi connectivity index (χ4n) is 1.44. The molecule has 0 radical (unpaired) electrons. The number of rotatable bonds is 3. The minimum Gasteiger partial charge on any atom is -0.479 e. The Labute approximate surface area is 102 Å². The van der Waals surface area contributed by atoms with E-state index in [0.29, 0.717) is 0 Å². The lowest BCUT2D eigenvalue weighted by Crippen LogP contribution is -2.61. The van der Waals surface area contributed by atoms with Crippen molar-refractivity contribution in [3.05, 3.63) is 0 Å². The highest BCUT2D eigenvalue weighted by molar-refractivity contribution is 5.73. The van der Waals surface area contributed by atoms with E-state index in [1.54, 1.807) is 6.92 Å². The fourth-order valence-corrected chi connectivity index (χ4v) is 1.44. The number of hydrogen-bond acceptors (Lipinski definition) is 7. The molecule has 5 N–H and O–H groups in total. The van der Waals surface area contributed by atoms with E-state index in [9.17, 15) is 24.9 Å². The van der Waals surface area contributed by atoms with Crippen LogP contribution in [0.25, 0.3) is 0 Å². The van der Waals surface area contributed by atoms with Crippen LogP contribution in [-0.4, -0.2) is 69.7 Å². The number of nitrogens with one attached hydrogen (secondary N) is 1. The second kappa shape index (κ2) is 5.96. The lowest BCUT2D eigenvalue weighted by molar-refractivity contribution is -0.278. The third kappa shape index (κ3) is 3.07. The van der Waals surface area contributed by atoms with Gasteiger partial charge in [-0.15, -0.1) is 0 Å². The van der Waals surface area contributed by atoms with E-state index in [-0.39, 0.29) is 6.54 Å². The van der Waals surface area contributed by atoms with Crippen molar-refractivity contribution in [1.29, 1.82) is 0 Å². The standard InChI is InChI=1S/C9H15NO8/c1-2-10-9(16)18-8-5(13)3(11)4(12)6(17-8)7(14)15/h3-6,8,11-13H,2H2,1H3,(H,10,16)(H,14,15)/t3-,4-,5+,6-,8-/m0/s1. The van der Waals surface area contributed by atoms with Gasteiger partial charge in [-0.05, 0) is 6.92 Å². The van der Waals surface area contributed by atoms with Gasteiger partial charge in [-0.25, -0.2) is 9.59 Å². The van der Waals surface area contributed by atoms with Gasteiger partial charge >= 0.3 is 12.1 Å². The summed E-state index contributed by atoms with van der Waals surface area (Å²) < 4.78 is 9.30. The number of carboxylic acids is 1. The molecule has 9 nitrogen and oxygen atoms in total. The zero-order chi connectivity index (χ0) is 13.9. The summed E-state index contributed by atoms with van der Waals surface area (Å²) in [5.41, 5.74) is 0. The number of aliphatic hydroxyl groups is 3. The Morgan fingerprint density at radius 2 is 1.83 bits per heavy atom. The van der Waals surface area contributed by atoms with Gasteiger partial charge in [-0.3, -0.25) is 0 Å². The molecule has 9 heteroatoms. The van der Waals surface area contributed by atoms with Crippen LogP contribution in [0.15, 0.2) is 0 Å². The lowest BCUT2D eigenvalue weighted by Gasteiger charge is -2.37. The summed E-state index contributed by atoms with van der Waals surface area (Å²) in [6.07, 6.45) is -9.74. The molecular weight excluding hydrogens is 250 g/mol. The minimum absolute atomic E-state index is 0.259. The average Bonchev–Trinajstić information content (AvgIpc) is 2.30. The maximum Gasteiger partial charge on any atom is 0.409 e. The first kappa shape index (κ1) is 14.6. The quantitative estimate of drug-likeness (QED) is 0.380. The van der Waals surface area contributed by atoms with E-state index < -0.39 is 42.8 Å². The molecule has 104 valence electrons. The van der Waals surface area contributed by atoms with Crippen LogP contribution >= 0.6 is 0 Å². The highest BCUT2D eigenvalue weighted by atomic mass is 16.7. The first-order chi connectivity index (χ1) is 8.38. The van der Waals surface area contributed by atoms with Gasteiger partial charge in [0.25, 0.3) is 0 Å². The first-order valence-corrected chi connectivity index (χ1v) is 5.25. The number of hydrogen-bond donors (Lipinski definition) is 5. The summed E-state index contributed by atoms with van der Waals surface area (Å²) in [6, 6.07) is 0.